The minimum absolute atomic E-state index is 0.415. The minimum atomic E-state index is -0.665. The van der Waals surface area contributed by atoms with E-state index in [-0.39, 0.29) is 0 Å². The number of halogens is 1. The molecule has 0 N–H and O–H groups in total. The molecule has 18 heavy (non-hydrogen) atoms. The van der Waals surface area contributed by atoms with Gasteiger partial charge in [-0.2, -0.15) is 0 Å². The van der Waals surface area contributed by atoms with Crippen molar-refractivity contribution in [2.45, 2.75) is 13.0 Å². The zero-order chi connectivity index (χ0) is 13.1. The van der Waals surface area contributed by atoms with E-state index in [1.54, 1.807) is 19.2 Å². The summed E-state index contributed by atoms with van der Waals surface area (Å²) in [4.78, 5) is 15.6. The summed E-state index contributed by atoms with van der Waals surface area (Å²) in [7, 11) is 1.33. The Morgan fingerprint density at radius 3 is 2.89 bits per heavy atom. The molecule has 0 aliphatic carbocycles. The molecule has 2 aromatic rings. The molecule has 4 nitrogen and oxygen atoms in total. The van der Waals surface area contributed by atoms with E-state index in [1.165, 1.54) is 7.11 Å². The normalized spacial score (nSPS) is 12.2. The maximum absolute atomic E-state index is 11.3. The van der Waals surface area contributed by atoms with Gasteiger partial charge in [0, 0.05) is 16.1 Å². The SMILES string of the molecule is COC(=O)C(C)Oc1ccc(Br)c2cccnc12. The topological polar surface area (TPSA) is 48.4 Å². The van der Waals surface area contributed by atoms with Crippen LogP contribution < -0.4 is 4.74 Å². The van der Waals surface area contributed by atoms with Crippen LogP contribution >= 0.6 is 15.9 Å². The number of methoxy groups -OCH3 is 1. The van der Waals surface area contributed by atoms with E-state index >= 15 is 0 Å². The van der Waals surface area contributed by atoms with Crippen LogP contribution in [0.5, 0.6) is 5.75 Å². The number of carbonyl (C=O) groups excluding carboxylic acids is 1. The molecule has 0 saturated carbocycles. The number of hydrogen-bond donors (Lipinski definition) is 0. The number of carbonyl (C=O) groups is 1. The lowest BCUT2D eigenvalue weighted by Crippen LogP contribution is -2.25. The van der Waals surface area contributed by atoms with Gasteiger partial charge in [0.05, 0.1) is 7.11 Å². The van der Waals surface area contributed by atoms with Crippen molar-refractivity contribution in [1.82, 2.24) is 4.98 Å². The quantitative estimate of drug-likeness (QED) is 0.818. The number of pyridine rings is 1. The first-order valence-corrected chi connectivity index (χ1v) is 6.20. The highest BCUT2D eigenvalue weighted by atomic mass is 79.9. The molecular formula is C13H12BrNO3. The average Bonchev–Trinajstić information content (AvgIpc) is 2.41. The number of esters is 1. The van der Waals surface area contributed by atoms with Gasteiger partial charge in [0.25, 0.3) is 0 Å². The van der Waals surface area contributed by atoms with Gasteiger partial charge in [-0.05, 0) is 25.1 Å². The summed E-state index contributed by atoms with van der Waals surface area (Å²) < 4.78 is 11.1. The zero-order valence-electron chi connectivity index (χ0n) is 10.0. The molecule has 0 radical (unpaired) electrons. The lowest BCUT2D eigenvalue weighted by Gasteiger charge is -2.14. The molecule has 0 bridgehead atoms. The summed E-state index contributed by atoms with van der Waals surface area (Å²) in [6.45, 7) is 1.64. The summed E-state index contributed by atoms with van der Waals surface area (Å²) in [5.74, 6) is 0.147. The predicted molar refractivity (Wildman–Crippen MR) is 71.5 cm³/mol. The van der Waals surface area contributed by atoms with E-state index in [1.807, 2.05) is 18.2 Å². The van der Waals surface area contributed by atoms with Crippen molar-refractivity contribution < 1.29 is 14.3 Å². The fourth-order valence-electron chi connectivity index (χ4n) is 1.61. The smallest absolute Gasteiger partial charge is 0.346 e. The van der Waals surface area contributed by atoms with Crippen LogP contribution in [-0.4, -0.2) is 24.2 Å². The van der Waals surface area contributed by atoms with Crippen LogP contribution in [0.25, 0.3) is 10.9 Å². The van der Waals surface area contributed by atoms with Crippen LogP contribution in [0.3, 0.4) is 0 Å². The standard InChI is InChI=1S/C13H12BrNO3/c1-8(13(16)17-2)18-11-6-5-10(14)9-4-3-7-15-12(9)11/h3-8H,1-2H3. The maximum Gasteiger partial charge on any atom is 0.346 e. The van der Waals surface area contributed by atoms with Crippen LogP contribution in [0.2, 0.25) is 0 Å². The first kappa shape index (κ1) is 12.8. The first-order valence-electron chi connectivity index (χ1n) is 5.41. The van der Waals surface area contributed by atoms with E-state index in [0.717, 1.165) is 9.86 Å². The van der Waals surface area contributed by atoms with Crippen LogP contribution in [-0.2, 0) is 9.53 Å². The lowest BCUT2D eigenvalue weighted by molar-refractivity contribution is -0.147. The number of aromatic nitrogens is 1. The van der Waals surface area contributed by atoms with Crippen molar-refractivity contribution in [1.29, 1.82) is 0 Å². The summed E-state index contributed by atoms with van der Waals surface area (Å²) in [5.41, 5.74) is 0.711. The molecule has 1 heterocycles. The van der Waals surface area contributed by atoms with Gasteiger partial charge in [-0.1, -0.05) is 22.0 Å². The summed E-state index contributed by atoms with van der Waals surface area (Å²) in [6, 6.07) is 7.42. The van der Waals surface area contributed by atoms with Gasteiger partial charge in [-0.15, -0.1) is 0 Å². The van der Waals surface area contributed by atoms with Crippen molar-refractivity contribution >= 4 is 32.8 Å². The second kappa shape index (κ2) is 5.35. The van der Waals surface area contributed by atoms with E-state index < -0.39 is 12.1 Å². The highest BCUT2D eigenvalue weighted by Crippen LogP contribution is 2.30. The number of rotatable bonds is 3. The second-order valence-corrected chi connectivity index (χ2v) is 4.58. The van der Waals surface area contributed by atoms with E-state index in [2.05, 4.69) is 25.7 Å². The molecule has 0 saturated heterocycles. The summed E-state index contributed by atoms with van der Waals surface area (Å²) in [6.07, 6.45) is 1.02. The van der Waals surface area contributed by atoms with Crippen molar-refractivity contribution in [3.8, 4) is 5.75 Å². The van der Waals surface area contributed by atoms with E-state index in [0.29, 0.717) is 11.3 Å². The molecule has 1 unspecified atom stereocenters. The fourth-order valence-corrected chi connectivity index (χ4v) is 2.06. The molecule has 94 valence electrons. The summed E-state index contributed by atoms with van der Waals surface area (Å²) in [5, 5.41) is 0.937. The molecule has 1 atom stereocenters. The van der Waals surface area contributed by atoms with Crippen molar-refractivity contribution in [2.24, 2.45) is 0 Å². The summed E-state index contributed by atoms with van der Waals surface area (Å²) >= 11 is 3.45. The van der Waals surface area contributed by atoms with E-state index in [4.69, 9.17) is 4.74 Å². The predicted octanol–water partition coefficient (Wildman–Crippen LogP) is 2.94. The van der Waals surface area contributed by atoms with Gasteiger partial charge in [0.2, 0.25) is 0 Å². The fraction of sp³-hybridized carbons (Fsp3) is 0.231. The first-order chi connectivity index (χ1) is 8.63. The Bertz CT molecular complexity index is 585. The maximum atomic E-state index is 11.3. The molecule has 2 rings (SSSR count). The molecule has 0 amide bonds. The van der Waals surface area contributed by atoms with Gasteiger partial charge in [0.1, 0.15) is 11.3 Å². The van der Waals surface area contributed by atoms with Gasteiger partial charge in [-0.3, -0.25) is 4.98 Å². The molecule has 0 fully saturated rings. The van der Waals surface area contributed by atoms with E-state index in [9.17, 15) is 4.79 Å². The lowest BCUT2D eigenvalue weighted by atomic mass is 10.2. The molecule has 1 aromatic carbocycles. The number of hydrogen-bond acceptors (Lipinski definition) is 4. The Kier molecular flexibility index (Phi) is 3.81. The highest BCUT2D eigenvalue weighted by Gasteiger charge is 2.16. The van der Waals surface area contributed by atoms with Crippen LogP contribution in [0.15, 0.2) is 34.9 Å². The molecule has 0 aliphatic heterocycles. The number of fused-ring (bicyclic) bond motifs is 1. The molecule has 0 spiro atoms. The Balaban J connectivity index is 2.40. The van der Waals surface area contributed by atoms with Crippen LogP contribution in [0.4, 0.5) is 0 Å². The molecular weight excluding hydrogens is 298 g/mol. The average molecular weight is 310 g/mol. The molecule has 5 heteroatoms. The Morgan fingerprint density at radius 1 is 1.39 bits per heavy atom. The Morgan fingerprint density at radius 2 is 2.17 bits per heavy atom. The third-order valence-corrected chi connectivity index (χ3v) is 3.21. The largest absolute Gasteiger partial charge is 0.477 e. The zero-order valence-corrected chi connectivity index (χ0v) is 11.6. The van der Waals surface area contributed by atoms with Crippen molar-refractivity contribution in [3.05, 3.63) is 34.9 Å². The highest BCUT2D eigenvalue weighted by molar-refractivity contribution is 9.10. The third-order valence-electron chi connectivity index (χ3n) is 2.52. The van der Waals surface area contributed by atoms with Crippen molar-refractivity contribution in [3.63, 3.8) is 0 Å². The molecule has 0 aliphatic rings. The van der Waals surface area contributed by atoms with Gasteiger partial charge >= 0.3 is 5.97 Å². The van der Waals surface area contributed by atoms with Gasteiger partial charge in [0.15, 0.2) is 6.10 Å². The second-order valence-electron chi connectivity index (χ2n) is 3.73. The number of nitrogens with zero attached hydrogens (tertiary/aromatic N) is 1. The van der Waals surface area contributed by atoms with Gasteiger partial charge < -0.3 is 9.47 Å². The Labute approximate surface area is 113 Å². The third kappa shape index (κ3) is 2.46. The number of ether oxygens (including phenoxy) is 2. The van der Waals surface area contributed by atoms with Gasteiger partial charge in [-0.25, -0.2) is 4.79 Å². The van der Waals surface area contributed by atoms with Crippen molar-refractivity contribution in [2.75, 3.05) is 7.11 Å². The van der Waals surface area contributed by atoms with Crippen LogP contribution in [0.1, 0.15) is 6.92 Å². The van der Waals surface area contributed by atoms with Crippen LogP contribution in [0, 0.1) is 0 Å². The Hall–Kier alpha value is -1.62. The minimum Gasteiger partial charge on any atom is -0.477 e. The monoisotopic (exact) mass is 309 g/mol. The number of benzene rings is 1. The molecule has 1 aromatic heterocycles.